The van der Waals surface area contributed by atoms with Crippen LogP contribution < -0.4 is 9.64 Å². The van der Waals surface area contributed by atoms with Gasteiger partial charge in [-0.2, -0.15) is 10.2 Å². The van der Waals surface area contributed by atoms with E-state index < -0.39 is 0 Å². The van der Waals surface area contributed by atoms with E-state index in [2.05, 4.69) is 11.1 Å². The number of carbonyl (C=O) groups excluding carboxylic acids is 1. The fourth-order valence-corrected chi connectivity index (χ4v) is 3.95. The molecule has 0 radical (unpaired) electrons. The third-order valence-electron chi connectivity index (χ3n) is 5.93. The number of carbonyl (C=O) groups is 1. The van der Waals surface area contributed by atoms with Crippen molar-refractivity contribution in [3.8, 4) is 23.5 Å². The number of amides is 1. The molecule has 182 valence electrons. The van der Waals surface area contributed by atoms with Crippen molar-refractivity contribution in [2.45, 2.75) is 13.5 Å². The lowest BCUT2D eigenvalue weighted by Gasteiger charge is -2.34. The van der Waals surface area contributed by atoms with Gasteiger partial charge in [0.15, 0.2) is 5.76 Å². The average Bonchev–Trinajstić information content (AvgIpc) is 3.56. The summed E-state index contributed by atoms with van der Waals surface area (Å²) in [6, 6.07) is 18.8. The number of hydrogen-bond acceptors (Lipinski definition) is 7. The number of furan rings is 1. The summed E-state index contributed by atoms with van der Waals surface area (Å²) in [5.74, 6) is 1.72. The van der Waals surface area contributed by atoms with E-state index in [9.17, 15) is 14.4 Å². The van der Waals surface area contributed by atoms with E-state index in [4.69, 9.17) is 13.6 Å². The van der Waals surface area contributed by atoms with E-state index in [1.54, 1.807) is 17.0 Å². The maximum absolute atomic E-state index is 13.2. The molecule has 0 atom stereocenters. The first-order valence-electron chi connectivity index (χ1n) is 11.5. The first-order chi connectivity index (χ1) is 17.5. The number of nitriles is 1. The van der Waals surface area contributed by atoms with Crippen molar-refractivity contribution < 1.29 is 22.8 Å². The van der Waals surface area contributed by atoms with E-state index in [0.29, 0.717) is 49.1 Å². The van der Waals surface area contributed by atoms with Crippen LogP contribution in [0, 0.1) is 24.1 Å². The second kappa shape index (κ2) is 9.96. The molecule has 1 aliphatic rings. The molecular weight excluding hydrogens is 463 g/mol. The van der Waals surface area contributed by atoms with Gasteiger partial charge in [0.1, 0.15) is 30.0 Å². The van der Waals surface area contributed by atoms with Gasteiger partial charge in [-0.1, -0.05) is 17.7 Å². The van der Waals surface area contributed by atoms with Crippen molar-refractivity contribution >= 4 is 11.8 Å². The van der Waals surface area contributed by atoms with Crippen LogP contribution in [0.2, 0.25) is 0 Å². The van der Waals surface area contributed by atoms with Crippen LogP contribution in [-0.4, -0.2) is 42.0 Å². The highest BCUT2D eigenvalue weighted by molar-refractivity contribution is 5.94. The molecular formula is C27H23FN4O4. The largest absolute Gasteiger partial charge is 0.486 e. The molecule has 0 bridgehead atoms. The van der Waals surface area contributed by atoms with Crippen LogP contribution >= 0.6 is 0 Å². The van der Waals surface area contributed by atoms with Crippen molar-refractivity contribution in [3.05, 3.63) is 89.1 Å². The minimum atomic E-state index is -0.385. The molecule has 0 aliphatic carbocycles. The summed E-state index contributed by atoms with van der Waals surface area (Å²) >= 11 is 0. The van der Waals surface area contributed by atoms with Gasteiger partial charge in [-0.25, -0.2) is 4.39 Å². The fourth-order valence-electron chi connectivity index (χ4n) is 3.95. The number of hydrogen-bond donors (Lipinski definition) is 0. The molecule has 3 heterocycles. The van der Waals surface area contributed by atoms with Crippen LogP contribution in [0.3, 0.4) is 0 Å². The number of nitrogens with zero attached hydrogens (tertiary/aromatic N) is 4. The minimum Gasteiger partial charge on any atom is -0.486 e. The molecule has 0 spiro atoms. The van der Waals surface area contributed by atoms with Crippen molar-refractivity contribution in [2.24, 2.45) is 0 Å². The first kappa shape index (κ1) is 23.2. The van der Waals surface area contributed by atoms with Crippen molar-refractivity contribution in [3.63, 3.8) is 0 Å². The van der Waals surface area contributed by atoms with Gasteiger partial charge in [-0.3, -0.25) is 4.79 Å². The Kier molecular flexibility index (Phi) is 6.41. The predicted molar refractivity (Wildman–Crippen MR) is 129 cm³/mol. The molecule has 5 rings (SSSR count). The molecule has 2 aromatic carbocycles. The Bertz CT molecular complexity index is 1400. The third-order valence-corrected chi connectivity index (χ3v) is 5.93. The van der Waals surface area contributed by atoms with Crippen LogP contribution in [0.15, 0.2) is 69.5 Å². The van der Waals surface area contributed by atoms with E-state index >= 15 is 0 Å². The number of piperazine rings is 1. The highest BCUT2D eigenvalue weighted by Crippen LogP contribution is 2.30. The zero-order valence-electron chi connectivity index (χ0n) is 19.6. The van der Waals surface area contributed by atoms with Gasteiger partial charge >= 0.3 is 0 Å². The third kappa shape index (κ3) is 4.93. The van der Waals surface area contributed by atoms with Crippen LogP contribution in [0.4, 0.5) is 10.3 Å². The molecule has 2 aromatic heterocycles. The molecule has 1 saturated heterocycles. The highest BCUT2D eigenvalue weighted by Gasteiger charge is 2.27. The number of benzene rings is 2. The molecule has 1 aliphatic heterocycles. The summed E-state index contributed by atoms with van der Waals surface area (Å²) in [5, 5.41) is 9.61. The molecule has 36 heavy (non-hydrogen) atoms. The van der Waals surface area contributed by atoms with Crippen molar-refractivity contribution in [1.82, 2.24) is 9.88 Å². The Labute approximate surface area is 207 Å². The Morgan fingerprint density at radius 1 is 1.03 bits per heavy atom. The van der Waals surface area contributed by atoms with Crippen LogP contribution in [0.5, 0.6) is 5.75 Å². The highest BCUT2D eigenvalue weighted by atomic mass is 19.1. The number of aromatic nitrogens is 1. The van der Waals surface area contributed by atoms with Gasteiger partial charge in [0.25, 0.3) is 11.8 Å². The first-order valence-corrected chi connectivity index (χ1v) is 11.5. The van der Waals surface area contributed by atoms with Gasteiger partial charge in [-0.15, -0.1) is 0 Å². The quantitative estimate of drug-likeness (QED) is 0.386. The molecule has 9 heteroatoms. The van der Waals surface area contributed by atoms with E-state index in [-0.39, 0.29) is 29.9 Å². The van der Waals surface area contributed by atoms with Gasteiger partial charge < -0.3 is 23.4 Å². The van der Waals surface area contributed by atoms with Gasteiger partial charge in [0.05, 0.1) is 0 Å². The molecule has 0 unspecified atom stereocenters. The molecule has 1 fully saturated rings. The molecule has 4 aromatic rings. The Morgan fingerprint density at radius 3 is 2.44 bits per heavy atom. The smallest absolute Gasteiger partial charge is 0.266 e. The Balaban J connectivity index is 1.23. The van der Waals surface area contributed by atoms with Gasteiger partial charge in [0.2, 0.25) is 11.6 Å². The average molecular weight is 487 g/mol. The molecule has 8 nitrogen and oxygen atoms in total. The van der Waals surface area contributed by atoms with Crippen LogP contribution in [0.1, 0.15) is 27.4 Å². The maximum Gasteiger partial charge on any atom is 0.266 e. The summed E-state index contributed by atoms with van der Waals surface area (Å²) < 4.78 is 30.7. The topological polar surface area (TPSA) is 95.7 Å². The normalized spacial score (nSPS) is 13.5. The lowest BCUT2D eigenvalue weighted by Crippen LogP contribution is -2.48. The number of ether oxygens (including phenoxy) is 1. The molecule has 0 saturated carbocycles. The van der Waals surface area contributed by atoms with Crippen molar-refractivity contribution in [2.75, 3.05) is 31.1 Å². The monoisotopic (exact) mass is 486 g/mol. The van der Waals surface area contributed by atoms with Gasteiger partial charge in [0, 0.05) is 31.7 Å². The zero-order chi connectivity index (χ0) is 25.1. The SMILES string of the molecule is Cc1ccc(OCc2ccc(-c3nc(C#N)c(N4CCN(C(=O)c5ccc(F)cc5)CC4)o3)o2)cc1. The molecule has 0 N–H and O–H groups in total. The predicted octanol–water partition coefficient (Wildman–Crippen LogP) is 4.80. The van der Waals surface area contributed by atoms with E-state index in [1.807, 2.05) is 36.1 Å². The summed E-state index contributed by atoms with van der Waals surface area (Å²) in [5.41, 5.74) is 1.73. The van der Waals surface area contributed by atoms with Crippen molar-refractivity contribution in [1.29, 1.82) is 5.26 Å². The van der Waals surface area contributed by atoms with Crippen LogP contribution in [-0.2, 0) is 6.61 Å². The number of rotatable bonds is 6. The van der Waals surface area contributed by atoms with E-state index in [0.717, 1.165) is 11.3 Å². The second-order valence-electron chi connectivity index (χ2n) is 8.44. The summed E-state index contributed by atoms with van der Waals surface area (Å²) in [6.45, 7) is 4.03. The van der Waals surface area contributed by atoms with E-state index in [1.165, 1.54) is 24.3 Å². The lowest BCUT2D eigenvalue weighted by atomic mass is 10.2. The lowest BCUT2D eigenvalue weighted by molar-refractivity contribution is 0.0745. The minimum absolute atomic E-state index is 0.150. The second-order valence-corrected chi connectivity index (χ2v) is 8.44. The number of aryl methyl sites for hydroxylation is 1. The fraction of sp³-hybridized carbons (Fsp3) is 0.222. The molecule has 1 amide bonds. The standard InChI is InChI=1S/C27H23FN4O4/c1-18-2-8-21(9-3-18)34-17-22-10-11-24(35-22)25-30-23(16-29)27(36-25)32-14-12-31(13-15-32)26(33)19-4-6-20(28)7-5-19/h2-11H,12-15,17H2,1H3. The zero-order valence-corrected chi connectivity index (χ0v) is 19.6. The number of halogens is 1. The van der Waals surface area contributed by atoms with Crippen LogP contribution in [0.25, 0.3) is 11.7 Å². The summed E-state index contributed by atoms with van der Waals surface area (Å²) in [6.07, 6.45) is 0. The summed E-state index contributed by atoms with van der Waals surface area (Å²) in [7, 11) is 0. The number of anilines is 1. The number of oxazole rings is 1. The Hall–Kier alpha value is -4.58. The van der Waals surface area contributed by atoms with Gasteiger partial charge in [-0.05, 0) is 55.5 Å². The maximum atomic E-state index is 13.2. The Morgan fingerprint density at radius 2 is 1.75 bits per heavy atom. The summed E-state index contributed by atoms with van der Waals surface area (Å²) in [4.78, 5) is 20.6.